The van der Waals surface area contributed by atoms with E-state index in [4.69, 9.17) is 14.2 Å². The Morgan fingerprint density at radius 1 is 0.920 bits per heavy atom. The van der Waals surface area contributed by atoms with Crippen LogP contribution in [0.1, 0.15) is 37.8 Å². The van der Waals surface area contributed by atoms with E-state index in [1.54, 1.807) is 32.9 Å². The Balaban J connectivity index is 1.21. The number of nitrogens with zero attached hydrogens (tertiary/aromatic N) is 1. The number of carbonyl (C=O) groups excluding carboxylic acids is 4. The van der Waals surface area contributed by atoms with Gasteiger partial charge in [0.1, 0.15) is 25.0 Å². The zero-order valence-corrected chi connectivity index (χ0v) is 27.8. The van der Waals surface area contributed by atoms with Crippen molar-refractivity contribution in [3.63, 3.8) is 0 Å². The Morgan fingerprint density at radius 3 is 2.12 bits per heavy atom. The van der Waals surface area contributed by atoms with Crippen LogP contribution in [0.25, 0.3) is 11.1 Å². The van der Waals surface area contributed by atoms with Gasteiger partial charge in [0.25, 0.3) is 5.69 Å². The second kappa shape index (κ2) is 17.2. The molecular formula is C37H38N4O9. The molecule has 50 heavy (non-hydrogen) atoms. The Kier molecular flexibility index (Phi) is 12.6. The fourth-order valence-electron chi connectivity index (χ4n) is 5.20. The number of hydrogen-bond donors (Lipinski definition) is 3. The maximum atomic E-state index is 13.0. The number of fused-ring (bicyclic) bond motifs is 3. The monoisotopic (exact) mass is 682 g/mol. The summed E-state index contributed by atoms with van der Waals surface area (Å²) in [6.45, 7) is 8.37. The van der Waals surface area contributed by atoms with Crippen LogP contribution in [0, 0.1) is 16.0 Å². The van der Waals surface area contributed by atoms with E-state index in [2.05, 4.69) is 22.5 Å². The van der Waals surface area contributed by atoms with Gasteiger partial charge in [-0.3, -0.25) is 19.7 Å². The van der Waals surface area contributed by atoms with E-state index in [1.807, 2.05) is 48.5 Å². The SMILES string of the molecule is C=C/C(=C\C=C(/C)NC(=O)CNC(=O)C(NC(=O)OCC1c2ccccc2-c2ccccc21)C(C)C)COC(=O)Oc1ccc([N+](=O)[O-])cc1. The lowest BCUT2D eigenvalue weighted by Gasteiger charge is -2.22. The van der Waals surface area contributed by atoms with Crippen molar-refractivity contribution in [3.8, 4) is 16.9 Å². The second-order valence-corrected chi connectivity index (χ2v) is 11.6. The van der Waals surface area contributed by atoms with Crippen molar-refractivity contribution in [2.24, 2.45) is 5.92 Å². The van der Waals surface area contributed by atoms with E-state index in [0.29, 0.717) is 11.3 Å². The van der Waals surface area contributed by atoms with Crippen molar-refractivity contribution in [3.05, 3.63) is 130 Å². The number of amides is 3. The van der Waals surface area contributed by atoms with Gasteiger partial charge < -0.3 is 30.2 Å². The molecule has 0 spiro atoms. The topological polar surface area (TPSA) is 175 Å². The third-order valence-corrected chi connectivity index (χ3v) is 7.74. The molecule has 0 aliphatic heterocycles. The number of benzene rings is 3. The van der Waals surface area contributed by atoms with Gasteiger partial charge in [-0.05, 0) is 58.9 Å². The number of alkyl carbamates (subject to hydrolysis) is 1. The number of carbonyl (C=O) groups is 4. The maximum absolute atomic E-state index is 13.0. The second-order valence-electron chi connectivity index (χ2n) is 11.6. The summed E-state index contributed by atoms with van der Waals surface area (Å²) < 4.78 is 15.6. The zero-order chi connectivity index (χ0) is 36.2. The molecule has 4 rings (SSSR count). The maximum Gasteiger partial charge on any atom is 0.514 e. The van der Waals surface area contributed by atoms with Gasteiger partial charge in [0.15, 0.2) is 0 Å². The molecular weight excluding hydrogens is 644 g/mol. The average Bonchev–Trinajstić information content (AvgIpc) is 3.42. The molecule has 1 aliphatic carbocycles. The summed E-state index contributed by atoms with van der Waals surface area (Å²) in [6.07, 6.45) is 2.80. The first-order valence-corrected chi connectivity index (χ1v) is 15.7. The molecule has 3 aromatic rings. The molecule has 0 fully saturated rings. The van der Waals surface area contributed by atoms with Crippen LogP contribution in [0.15, 0.2) is 109 Å². The molecule has 3 N–H and O–H groups in total. The quantitative estimate of drug-likeness (QED) is 0.0613. The van der Waals surface area contributed by atoms with Gasteiger partial charge in [0.05, 0.1) is 11.5 Å². The summed E-state index contributed by atoms with van der Waals surface area (Å²) in [4.78, 5) is 60.5. The molecule has 13 heteroatoms. The molecule has 13 nitrogen and oxygen atoms in total. The minimum atomic E-state index is -1.02. The van der Waals surface area contributed by atoms with Crippen molar-refractivity contribution in [1.82, 2.24) is 16.0 Å². The fourth-order valence-corrected chi connectivity index (χ4v) is 5.20. The van der Waals surface area contributed by atoms with Crippen LogP contribution in [0.2, 0.25) is 0 Å². The lowest BCUT2D eigenvalue weighted by atomic mass is 9.98. The van der Waals surface area contributed by atoms with Crippen LogP contribution in [-0.2, 0) is 19.1 Å². The fraction of sp³-hybridized carbons (Fsp3) is 0.243. The molecule has 0 bridgehead atoms. The standard InChI is InChI=1S/C37H38N4O9/c1-5-25(21-49-37(45)50-27-18-16-26(17-19-27)41(46)47)15-14-24(4)39-33(42)20-38-35(43)34(23(2)3)40-36(44)48-22-32-30-12-8-6-10-28(30)29-11-7-9-13-31(29)32/h5-19,23,32,34H,1,20-22H2,2-4H3,(H,38,43)(H,39,42)(H,40,44)/b24-14+,25-15+. The van der Waals surface area contributed by atoms with Gasteiger partial charge in [-0.25, -0.2) is 9.59 Å². The summed E-state index contributed by atoms with van der Waals surface area (Å²) in [7, 11) is 0. The van der Waals surface area contributed by atoms with Crippen LogP contribution in [-0.4, -0.2) is 54.8 Å². The Bertz CT molecular complexity index is 1770. The first-order valence-electron chi connectivity index (χ1n) is 15.7. The number of hydrogen-bond acceptors (Lipinski definition) is 9. The number of nitrogens with one attached hydrogen (secondary N) is 3. The summed E-state index contributed by atoms with van der Waals surface area (Å²) in [6, 6.07) is 19.9. The van der Waals surface area contributed by atoms with E-state index >= 15 is 0 Å². The van der Waals surface area contributed by atoms with Gasteiger partial charge >= 0.3 is 12.2 Å². The number of allylic oxidation sites excluding steroid dienone is 3. The van der Waals surface area contributed by atoms with Crippen LogP contribution >= 0.6 is 0 Å². The molecule has 0 aromatic heterocycles. The molecule has 1 atom stereocenters. The van der Waals surface area contributed by atoms with Gasteiger partial charge in [0, 0.05) is 23.7 Å². The van der Waals surface area contributed by atoms with E-state index in [9.17, 15) is 29.3 Å². The summed E-state index contributed by atoms with van der Waals surface area (Å²) in [5.74, 6) is -1.40. The van der Waals surface area contributed by atoms with Crippen LogP contribution in [0.5, 0.6) is 5.75 Å². The normalized spacial score (nSPS) is 13.0. The van der Waals surface area contributed by atoms with Gasteiger partial charge in [-0.1, -0.05) is 81.1 Å². The predicted octanol–water partition coefficient (Wildman–Crippen LogP) is 5.92. The number of ether oxygens (including phenoxy) is 3. The molecule has 0 saturated heterocycles. The molecule has 3 aromatic carbocycles. The van der Waals surface area contributed by atoms with Crippen molar-refractivity contribution >= 4 is 29.8 Å². The van der Waals surface area contributed by atoms with Gasteiger partial charge in [-0.2, -0.15) is 0 Å². The Hall–Kier alpha value is -6.24. The first kappa shape index (κ1) is 36.6. The highest BCUT2D eigenvalue weighted by atomic mass is 16.7. The molecule has 260 valence electrons. The molecule has 3 amide bonds. The molecule has 1 unspecified atom stereocenters. The van der Waals surface area contributed by atoms with E-state index in [-0.39, 0.29) is 43.0 Å². The molecule has 0 radical (unpaired) electrons. The molecule has 0 saturated carbocycles. The van der Waals surface area contributed by atoms with Crippen molar-refractivity contribution in [2.45, 2.75) is 32.7 Å². The highest BCUT2D eigenvalue weighted by Gasteiger charge is 2.30. The minimum Gasteiger partial charge on any atom is -0.449 e. The summed E-state index contributed by atoms with van der Waals surface area (Å²) in [5.41, 5.74) is 5.10. The Labute approximate surface area is 289 Å². The van der Waals surface area contributed by atoms with E-state index < -0.39 is 35.0 Å². The molecule has 0 heterocycles. The minimum absolute atomic E-state index is 0.0722. The highest BCUT2D eigenvalue weighted by Crippen LogP contribution is 2.44. The van der Waals surface area contributed by atoms with Crippen LogP contribution < -0.4 is 20.7 Å². The Morgan fingerprint density at radius 2 is 1.54 bits per heavy atom. The zero-order valence-electron chi connectivity index (χ0n) is 27.8. The summed E-state index contributed by atoms with van der Waals surface area (Å²) in [5, 5.41) is 18.6. The number of non-ortho nitro benzene ring substituents is 1. The van der Waals surface area contributed by atoms with Crippen molar-refractivity contribution in [1.29, 1.82) is 0 Å². The van der Waals surface area contributed by atoms with Crippen LogP contribution in [0.4, 0.5) is 15.3 Å². The third kappa shape index (κ3) is 9.89. The van der Waals surface area contributed by atoms with E-state index in [0.717, 1.165) is 22.3 Å². The first-order chi connectivity index (χ1) is 24.0. The lowest BCUT2D eigenvalue weighted by Crippen LogP contribution is -2.51. The lowest BCUT2D eigenvalue weighted by molar-refractivity contribution is -0.384. The van der Waals surface area contributed by atoms with E-state index in [1.165, 1.54) is 30.3 Å². The smallest absolute Gasteiger partial charge is 0.449 e. The number of nitro benzene ring substituents is 1. The highest BCUT2D eigenvalue weighted by molar-refractivity contribution is 5.90. The van der Waals surface area contributed by atoms with Gasteiger partial charge in [-0.15, -0.1) is 0 Å². The predicted molar refractivity (Wildman–Crippen MR) is 185 cm³/mol. The van der Waals surface area contributed by atoms with Crippen molar-refractivity contribution < 1.29 is 38.3 Å². The summed E-state index contributed by atoms with van der Waals surface area (Å²) >= 11 is 0. The average molecular weight is 683 g/mol. The third-order valence-electron chi connectivity index (χ3n) is 7.74. The number of nitro groups is 1. The number of rotatable bonds is 14. The van der Waals surface area contributed by atoms with Crippen LogP contribution in [0.3, 0.4) is 0 Å². The molecule has 1 aliphatic rings. The van der Waals surface area contributed by atoms with Gasteiger partial charge in [0.2, 0.25) is 11.8 Å². The van der Waals surface area contributed by atoms with Crippen molar-refractivity contribution in [2.75, 3.05) is 19.8 Å². The largest absolute Gasteiger partial charge is 0.514 e.